The lowest BCUT2D eigenvalue weighted by atomic mass is 10.1. The molecule has 1 unspecified atom stereocenters. The molecule has 0 amide bonds. The van der Waals surface area contributed by atoms with Gasteiger partial charge in [-0.05, 0) is 49.9 Å². The molecule has 0 saturated heterocycles. The summed E-state index contributed by atoms with van der Waals surface area (Å²) in [5.74, 6) is 0.335. The van der Waals surface area contributed by atoms with Gasteiger partial charge in [0.1, 0.15) is 5.75 Å². The van der Waals surface area contributed by atoms with E-state index >= 15 is 0 Å². The Kier molecular flexibility index (Phi) is 2.91. The van der Waals surface area contributed by atoms with Crippen LogP contribution < -0.4 is 5.32 Å². The van der Waals surface area contributed by atoms with Crippen LogP contribution in [-0.2, 0) is 6.42 Å². The van der Waals surface area contributed by atoms with E-state index in [4.69, 9.17) is 0 Å². The number of aromatic hydroxyl groups is 1. The SMILES string of the molecule is CC(C)(O)CNC1CCc2cc(O)ccc21. The summed E-state index contributed by atoms with van der Waals surface area (Å²) in [5.41, 5.74) is 1.79. The summed E-state index contributed by atoms with van der Waals surface area (Å²) in [7, 11) is 0. The Morgan fingerprint density at radius 2 is 2.19 bits per heavy atom. The first-order chi connectivity index (χ1) is 7.46. The van der Waals surface area contributed by atoms with E-state index in [1.165, 1.54) is 11.1 Å². The van der Waals surface area contributed by atoms with Crippen molar-refractivity contribution in [2.24, 2.45) is 0 Å². The van der Waals surface area contributed by atoms with Gasteiger partial charge in [-0.2, -0.15) is 0 Å². The highest BCUT2D eigenvalue weighted by Gasteiger charge is 2.24. The molecule has 88 valence electrons. The van der Waals surface area contributed by atoms with Crippen molar-refractivity contribution >= 4 is 0 Å². The molecular formula is C13H19NO2. The molecule has 3 heteroatoms. The molecule has 3 N–H and O–H groups in total. The summed E-state index contributed by atoms with van der Waals surface area (Å²) in [5, 5.41) is 22.4. The largest absolute Gasteiger partial charge is 0.508 e. The number of phenols is 1. The second kappa shape index (κ2) is 4.07. The lowest BCUT2D eigenvalue weighted by molar-refractivity contribution is 0.0764. The molecule has 2 rings (SSSR count). The third kappa shape index (κ3) is 2.54. The van der Waals surface area contributed by atoms with Crippen LogP contribution in [-0.4, -0.2) is 22.4 Å². The summed E-state index contributed by atoms with van der Waals surface area (Å²) in [4.78, 5) is 0. The normalized spacial score (nSPS) is 19.8. The Morgan fingerprint density at radius 1 is 1.44 bits per heavy atom. The molecule has 1 aromatic carbocycles. The Bertz CT molecular complexity index is 382. The van der Waals surface area contributed by atoms with Gasteiger partial charge in [-0.15, -0.1) is 0 Å². The van der Waals surface area contributed by atoms with E-state index in [-0.39, 0.29) is 0 Å². The minimum Gasteiger partial charge on any atom is -0.508 e. The van der Waals surface area contributed by atoms with Crippen molar-refractivity contribution in [2.75, 3.05) is 6.54 Å². The van der Waals surface area contributed by atoms with E-state index in [1.807, 2.05) is 12.1 Å². The van der Waals surface area contributed by atoms with E-state index in [9.17, 15) is 10.2 Å². The third-order valence-electron chi connectivity index (χ3n) is 2.99. The zero-order chi connectivity index (χ0) is 11.8. The first-order valence-electron chi connectivity index (χ1n) is 5.73. The first-order valence-corrected chi connectivity index (χ1v) is 5.73. The maximum Gasteiger partial charge on any atom is 0.115 e. The van der Waals surface area contributed by atoms with Crippen molar-refractivity contribution in [3.05, 3.63) is 29.3 Å². The van der Waals surface area contributed by atoms with Crippen LogP contribution in [0.15, 0.2) is 18.2 Å². The van der Waals surface area contributed by atoms with Crippen molar-refractivity contribution in [1.82, 2.24) is 5.32 Å². The predicted molar refractivity (Wildman–Crippen MR) is 63.5 cm³/mol. The van der Waals surface area contributed by atoms with Crippen LogP contribution in [0, 0.1) is 0 Å². The van der Waals surface area contributed by atoms with Gasteiger partial charge in [-0.3, -0.25) is 0 Å². The number of fused-ring (bicyclic) bond motifs is 1. The van der Waals surface area contributed by atoms with Gasteiger partial charge in [-0.25, -0.2) is 0 Å². The minimum absolute atomic E-state index is 0.307. The van der Waals surface area contributed by atoms with Gasteiger partial charge in [0.25, 0.3) is 0 Å². The molecular weight excluding hydrogens is 202 g/mol. The van der Waals surface area contributed by atoms with Gasteiger partial charge in [0.15, 0.2) is 0 Å². The lowest BCUT2D eigenvalue weighted by Gasteiger charge is -2.22. The number of aliphatic hydroxyl groups is 1. The molecule has 0 heterocycles. The molecule has 1 aromatic rings. The Labute approximate surface area is 96.1 Å². The summed E-state index contributed by atoms with van der Waals surface area (Å²) in [6, 6.07) is 5.84. The Balaban J connectivity index is 2.06. The molecule has 1 aliphatic rings. The second-order valence-corrected chi connectivity index (χ2v) is 5.17. The molecule has 1 aliphatic carbocycles. The highest BCUT2D eigenvalue weighted by molar-refractivity contribution is 5.40. The van der Waals surface area contributed by atoms with Gasteiger partial charge >= 0.3 is 0 Å². The molecule has 0 radical (unpaired) electrons. The van der Waals surface area contributed by atoms with Crippen LogP contribution >= 0.6 is 0 Å². The summed E-state index contributed by atoms with van der Waals surface area (Å²) < 4.78 is 0. The summed E-state index contributed by atoms with van der Waals surface area (Å²) >= 11 is 0. The van der Waals surface area contributed by atoms with Gasteiger partial charge in [0.2, 0.25) is 0 Å². The molecule has 0 saturated carbocycles. The smallest absolute Gasteiger partial charge is 0.115 e. The number of hydrogen-bond donors (Lipinski definition) is 3. The van der Waals surface area contributed by atoms with Crippen LogP contribution in [0.25, 0.3) is 0 Å². The van der Waals surface area contributed by atoms with E-state index in [0.717, 1.165) is 12.8 Å². The van der Waals surface area contributed by atoms with Crippen LogP contribution in [0.5, 0.6) is 5.75 Å². The average molecular weight is 221 g/mol. The van der Waals surface area contributed by atoms with Crippen LogP contribution in [0.4, 0.5) is 0 Å². The molecule has 0 bridgehead atoms. The fraction of sp³-hybridized carbons (Fsp3) is 0.538. The Hall–Kier alpha value is -1.06. The van der Waals surface area contributed by atoms with Crippen molar-refractivity contribution in [1.29, 1.82) is 0 Å². The minimum atomic E-state index is -0.681. The highest BCUT2D eigenvalue weighted by Crippen LogP contribution is 2.33. The number of benzene rings is 1. The van der Waals surface area contributed by atoms with Crippen LogP contribution in [0.1, 0.15) is 37.4 Å². The van der Waals surface area contributed by atoms with Gasteiger partial charge in [-0.1, -0.05) is 6.07 Å². The number of nitrogens with one attached hydrogen (secondary N) is 1. The molecule has 0 aromatic heterocycles. The number of hydrogen-bond acceptors (Lipinski definition) is 3. The second-order valence-electron chi connectivity index (χ2n) is 5.17. The molecule has 0 spiro atoms. The van der Waals surface area contributed by atoms with E-state index in [2.05, 4.69) is 5.32 Å². The summed E-state index contributed by atoms with van der Waals surface area (Å²) in [6.07, 6.45) is 2.03. The fourth-order valence-electron chi connectivity index (χ4n) is 2.19. The topological polar surface area (TPSA) is 52.5 Å². The van der Waals surface area contributed by atoms with E-state index < -0.39 is 5.60 Å². The van der Waals surface area contributed by atoms with Crippen LogP contribution in [0.2, 0.25) is 0 Å². The average Bonchev–Trinajstić information content (AvgIpc) is 2.56. The first kappa shape index (κ1) is 11.4. The Morgan fingerprint density at radius 3 is 2.88 bits per heavy atom. The number of phenolic OH excluding ortho intramolecular Hbond substituents is 1. The predicted octanol–water partition coefficient (Wildman–Crippen LogP) is 1.74. The van der Waals surface area contributed by atoms with Crippen LogP contribution in [0.3, 0.4) is 0 Å². The molecule has 1 atom stereocenters. The standard InChI is InChI=1S/C13H19NO2/c1-13(2,16)8-14-12-6-3-9-7-10(15)4-5-11(9)12/h4-5,7,12,14-16H,3,6,8H2,1-2H3. The third-order valence-corrected chi connectivity index (χ3v) is 2.99. The van der Waals surface area contributed by atoms with Gasteiger partial charge in [0.05, 0.1) is 5.60 Å². The molecule has 16 heavy (non-hydrogen) atoms. The quantitative estimate of drug-likeness (QED) is 0.728. The van der Waals surface area contributed by atoms with Gasteiger partial charge in [0, 0.05) is 12.6 Å². The molecule has 0 fully saturated rings. The number of rotatable bonds is 3. The zero-order valence-electron chi connectivity index (χ0n) is 9.83. The van der Waals surface area contributed by atoms with Gasteiger partial charge < -0.3 is 15.5 Å². The van der Waals surface area contributed by atoms with E-state index in [0.29, 0.717) is 18.3 Å². The maximum absolute atomic E-state index is 9.67. The van der Waals surface area contributed by atoms with Crippen molar-refractivity contribution in [3.63, 3.8) is 0 Å². The lowest BCUT2D eigenvalue weighted by Crippen LogP contribution is -2.36. The number of aryl methyl sites for hydroxylation is 1. The van der Waals surface area contributed by atoms with Crippen molar-refractivity contribution in [2.45, 2.75) is 38.3 Å². The van der Waals surface area contributed by atoms with E-state index in [1.54, 1.807) is 19.9 Å². The monoisotopic (exact) mass is 221 g/mol. The molecule has 0 aliphatic heterocycles. The maximum atomic E-state index is 9.67. The highest BCUT2D eigenvalue weighted by atomic mass is 16.3. The van der Waals surface area contributed by atoms with Crippen molar-refractivity contribution < 1.29 is 10.2 Å². The van der Waals surface area contributed by atoms with Crippen molar-refractivity contribution in [3.8, 4) is 5.75 Å². The summed E-state index contributed by atoms with van der Waals surface area (Å²) in [6.45, 7) is 4.18. The fourth-order valence-corrected chi connectivity index (χ4v) is 2.19. The zero-order valence-corrected chi connectivity index (χ0v) is 9.83. The molecule has 3 nitrogen and oxygen atoms in total.